The number of anilines is 1. The standard InChI is InChI=1S/C11H18N4O/c1-3-4-5-6-14(2)11(16)9-15-8-10(12)7-13-15/h3,7-8H,1,4-6,9,12H2,2H3. The number of amides is 1. The molecule has 0 fully saturated rings. The van der Waals surface area contributed by atoms with E-state index in [2.05, 4.69) is 11.7 Å². The maximum atomic E-state index is 11.7. The highest BCUT2D eigenvalue weighted by Crippen LogP contribution is 2.00. The number of aromatic nitrogens is 2. The van der Waals surface area contributed by atoms with Crippen LogP contribution in [0.5, 0.6) is 0 Å². The summed E-state index contributed by atoms with van der Waals surface area (Å²) in [5.74, 6) is 0.0344. The van der Waals surface area contributed by atoms with E-state index < -0.39 is 0 Å². The lowest BCUT2D eigenvalue weighted by atomic mass is 10.3. The molecule has 0 aliphatic heterocycles. The Bertz CT molecular complexity index is 359. The van der Waals surface area contributed by atoms with Gasteiger partial charge in [-0.1, -0.05) is 6.08 Å². The van der Waals surface area contributed by atoms with E-state index in [0.717, 1.165) is 19.4 Å². The molecular weight excluding hydrogens is 204 g/mol. The van der Waals surface area contributed by atoms with Crippen molar-refractivity contribution in [2.75, 3.05) is 19.3 Å². The molecule has 0 saturated carbocycles. The SMILES string of the molecule is C=CCCCN(C)C(=O)Cn1cc(N)cn1. The number of hydrogen-bond acceptors (Lipinski definition) is 3. The number of unbranched alkanes of at least 4 members (excludes halogenated alkanes) is 1. The first kappa shape index (κ1) is 12.3. The zero-order valence-corrected chi connectivity index (χ0v) is 9.59. The van der Waals surface area contributed by atoms with E-state index in [9.17, 15) is 4.79 Å². The first-order chi connectivity index (χ1) is 7.63. The molecule has 0 radical (unpaired) electrons. The first-order valence-corrected chi connectivity index (χ1v) is 5.26. The smallest absolute Gasteiger partial charge is 0.244 e. The maximum Gasteiger partial charge on any atom is 0.244 e. The van der Waals surface area contributed by atoms with E-state index in [4.69, 9.17) is 5.73 Å². The van der Waals surface area contributed by atoms with Gasteiger partial charge in [-0.3, -0.25) is 9.48 Å². The van der Waals surface area contributed by atoms with Crippen molar-refractivity contribution >= 4 is 11.6 Å². The monoisotopic (exact) mass is 222 g/mol. The summed E-state index contributed by atoms with van der Waals surface area (Å²) in [5.41, 5.74) is 6.08. The summed E-state index contributed by atoms with van der Waals surface area (Å²) in [7, 11) is 1.79. The van der Waals surface area contributed by atoms with Crippen molar-refractivity contribution in [3.63, 3.8) is 0 Å². The minimum atomic E-state index is 0.0344. The van der Waals surface area contributed by atoms with Crippen LogP contribution in [0, 0.1) is 0 Å². The summed E-state index contributed by atoms with van der Waals surface area (Å²) in [6, 6.07) is 0. The third kappa shape index (κ3) is 3.76. The molecule has 5 heteroatoms. The molecule has 0 aliphatic carbocycles. The molecule has 0 atom stereocenters. The van der Waals surface area contributed by atoms with Gasteiger partial charge in [-0.25, -0.2) is 0 Å². The lowest BCUT2D eigenvalue weighted by Gasteiger charge is -2.16. The van der Waals surface area contributed by atoms with Gasteiger partial charge in [-0.15, -0.1) is 6.58 Å². The summed E-state index contributed by atoms with van der Waals surface area (Å²) < 4.78 is 1.54. The summed E-state index contributed by atoms with van der Waals surface area (Å²) >= 11 is 0. The van der Waals surface area contributed by atoms with Crippen LogP contribution < -0.4 is 5.73 Å². The van der Waals surface area contributed by atoms with Gasteiger partial charge < -0.3 is 10.6 Å². The van der Waals surface area contributed by atoms with Crippen LogP contribution in [-0.2, 0) is 11.3 Å². The van der Waals surface area contributed by atoms with Gasteiger partial charge in [-0.05, 0) is 12.8 Å². The Morgan fingerprint density at radius 1 is 1.75 bits per heavy atom. The minimum absolute atomic E-state index is 0.0344. The molecule has 1 rings (SSSR count). The highest BCUT2D eigenvalue weighted by molar-refractivity contribution is 5.75. The molecule has 16 heavy (non-hydrogen) atoms. The largest absolute Gasteiger partial charge is 0.396 e. The van der Waals surface area contributed by atoms with Gasteiger partial charge in [0, 0.05) is 19.8 Å². The van der Waals surface area contributed by atoms with Crippen LogP contribution in [0.3, 0.4) is 0 Å². The highest BCUT2D eigenvalue weighted by Gasteiger charge is 2.09. The van der Waals surface area contributed by atoms with Crippen LogP contribution in [0.4, 0.5) is 5.69 Å². The molecule has 0 saturated heterocycles. The maximum absolute atomic E-state index is 11.7. The third-order valence-corrected chi connectivity index (χ3v) is 2.28. The number of carbonyl (C=O) groups excluding carboxylic acids is 1. The fourth-order valence-corrected chi connectivity index (χ4v) is 1.32. The second-order valence-electron chi connectivity index (χ2n) is 3.72. The molecule has 88 valence electrons. The van der Waals surface area contributed by atoms with Crippen LogP contribution >= 0.6 is 0 Å². The number of nitrogens with two attached hydrogens (primary N) is 1. The first-order valence-electron chi connectivity index (χ1n) is 5.26. The highest BCUT2D eigenvalue weighted by atomic mass is 16.2. The number of hydrogen-bond donors (Lipinski definition) is 1. The number of likely N-dealkylation sites (N-methyl/N-ethyl adjacent to an activating group) is 1. The third-order valence-electron chi connectivity index (χ3n) is 2.28. The van der Waals surface area contributed by atoms with Crippen molar-refractivity contribution in [2.45, 2.75) is 19.4 Å². The van der Waals surface area contributed by atoms with Gasteiger partial charge in [0.15, 0.2) is 0 Å². The predicted molar refractivity (Wildman–Crippen MR) is 63.7 cm³/mol. The van der Waals surface area contributed by atoms with Crippen LogP contribution in [0.15, 0.2) is 25.0 Å². The van der Waals surface area contributed by atoms with Crippen molar-refractivity contribution in [3.05, 3.63) is 25.0 Å². The fourth-order valence-electron chi connectivity index (χ4n) is 1.32. The van der Waals surface area contributed by atoms with Gasteiger partial charge in [0.25, 0.3) is 0 Å². The Hall–Kier alpha value is -1.78. The Balaban J connectivity index is 2.36. The lowest BCUT2D eigenvalue weighted by molar-refractivity contribution is -0.130. The number of carbonyl (C=O) groups is 1. The topological polar surface area (TPSA) is 64.2 Å². The molecule has 1 amide bonds. The molecule has 0 aromatic carbocycles. The van der Waals surface area contributed by atoms with Crippen molar-refractivity contribution in [1.82, 2.24) is 14.7 Å². The average molecular weight is 222 g/mol. The zero-order valence-electron chi connectivity index (χ0n) is 9.59. The molecule has 0 unspecified atom stereocenters. The van der Waals surface area contributed by atoms with Crippen molar-refractivity contribution < 1.29 is 4.79 Å². The summed E-state index contributed by atoms with van der Waals surface area (Å²) in [4.78, 5) is 13.4. The van der Waals surface area contributed by atoms with E-state index in [-0.39, 0.29) is 12.5 Å². The van der Waals surface area contributed by atoms with Crippen LogP contribution in [0.25, 0.3) is 0 Å². The average Bonchev–Trinajstić information content (AvgIpc) is 2.64. The van der Waals surface area contributed by atoms with Crippen molar-refractivity contribution in [1.29, 1.82) is 0 Å². The van der Waals surface area contributed by atoms with E-state index in [1.807, 2.05) is 6.08 Å². The quantitative estimate of drug-likeness (QED) is 0.574. The van der Waals surface area contributed by atoms with Gasteiger partial charge in [-0.2, -0.15) is 5.10 Å². The van der Waals surface area contributed by atoms with E-state index in [0.29, 0.717) is 5.69 Å². The van der Waals surface area contributed by atoms with Crippen LogP contribution in [0.2, 0.25) is 0 Å². The molecule has 2 N–H and O–H groups in total. The normalized spacial score (nSPS) is 10.1. The Labute approximate surface area is 95.5 Å². The van der Waals surface area contributed by atoms with Crippen LogP contribution in [-0.4, -0.2) is 34.2 Å². The molecule has 1 aromatic rings. The van der Waals surface area contributed by atoms with Gasteiger partial charge in [0.2, 0.25) is 5.91 Å². The minimum Gasteiger partial charge on any atom is -0.396 e. The Morgan fingerprint density at radius 2 is 2.50 bits per heavy atom. The molecule has 0 aliphatic rings. The summed E-state index contributed by atoms with van der Waals surface area (Å²) in [5, 5.41) is 3.96. The second-order valence-corrected chi connectivity index (χ2v) is 3.72. The summed E-state index contributed by atoms with van der Waals surface area (Å²) in [6.45, 7) is 4.62. The molecular formula is C11H18N4O. The number of nitrogen functional groups attached to an aromatic ring is 1. The van der Waals surface area contributed by atoms with Crippen molar-refractivity contribution in [3.8, 4) is 0 Å². The van der Waals surface area contributed by atoms with Crippen LogP contribution in [0.1, 0.15) is 12.8 Å². The summed E-state index contributed by atoms with van der Waals surface area (Å²) in [6.07, 6.45) is 6.90. The molecule has 1 heterocycles. The van der Waals surface area contributed by atoms with Crippen molar-refractivity contribution in [2.24, 2.45) is 0 Å². The molecule has 0 spiro atoms. The van der Waals surface area contributed by atoms with E-state index in [1.54, 1.807) is 22.8 Å². The Kier molecular flexibility index (Phi) is 4.57. The molecule has 0 bridgehead atoms. The second kappa shape index (κ2) is 5.95. The zero-order chi connectivity index (χ0) is 12.0. The Morgan fingerprint density at radius 3 is 3.06 bits per heavy atom. The number of allylic oxidation sites excluding steroid dienone is 1. The lowest BCUT2D eigenvalue weighted by Crippen LogP contribution is -2.31. The van der Waals surface area contributed by atoms with E-state index >= 15 is 0 Å². The number of rotatable bonds is 6. The molecule has 1 aromatic heterocycles. The predicted octanol–water partition coefficient (Wildman–Crippen LogP) is 0.890. The van der Waals surface area contributed by atoms with Gasteiger partial charge in [0.1, 0.15) is 6.54 Å². The van der Waals surface area contributed by atoms with Gasteiger partial charge in [0.05, 0.1) is 11.9 Å². The van der Waals surface area contributed by atoms with E-state index in [1.165, 1.54) is 6.20 Å². The van der Waals surface area contributed by atoms with Gasteiger partial charge >= 0.3 is 0 Å². The number of nitrogens with zero attached hydrogens (tertiary/aromatic N) is 3. The fraction of sp³-hybridized carbons (Fsp3) is 0.455. The molecule has 5 nitrogen and oxygen atoms in total.